The van der Waals surface area contributed by atoms with Crippen molar-refractivity contribution in [3.63, 3.8) is 0 Å². The van der Waals surface area contributed by atoms with E-state index < -0.39 is 5.91 Å². The van der Waals surface area contributed by atoms with Crippen LogP contribution in [0.5, 0.6) is 17.2 Å². The number of rotatable bonds is 7. The molecule has 0 aliphatic carbocycles. The number of hydrogen-bond donors (Lipinski definition) is 1. The zero-order valence-corrected chi connectivity index (χ0v) is 17.7. The van der Waals surface area contributed by atoms with Crippen molar-refractivity contribution in [1.82, 2.24) is 15.2 Å². The molecule has 8 nitrogen and oxygen atoms in total. The summed E-state index contributed by atoms with van der Waals surface area (Å²) in [5.74, 6) is 0.688. The molecule has 1 amide bonds. The molecule has 0 atom stereocenters. The average molecular weight is 429 g/mol. The van der Waals surface area contributed by atoms with E-state index in [-0.39, 0.29) is 0 Å². The fraction of sp³-hybridized carbons (Fsp3) is 0.190. The number of hydrogen-bond acceptors (Lipinski definition) is 6. The van der Waals surface area contributed by atoms with Crippen molar-refractivity contribution in [3.05, 3.63) is 64.4 Å². The first-order valence-corrected chi connectivity index (χ1v) is 9.31. The lowest BCUT2D eigenvalue weighted by Crippen LogP contribution is -2.18. The SMILES string of the molecule is COc1cc(C(=O)NN=Cc2c(C)nn(-c3ccccc3)c2Cl)cc(OC)c1OC. The first kappa shape index (κ1) is 21.2. The largest absolute Gasteiger partial charge is 0.493 e. The van der Waals surface area contributed by atoms with Gasteiger partial charge >= 0.3 is 0 Å². The number of carbonyl (C=O) groups excluding carboxylic acids is 1. The van der Waals surface area contributed by atoms with Crippen molar-refractivity contribution in [2.24, 2.45) is 5.10 Å². The fourth-order valence-electron chi connectivity index (χ4n) is 2.83. The van der Waals surface area contributed by atoms with Gasteiger partial charge in [-0.05, 0) is 31.2 Å². The van der Waals surface area contributed by atoms with E-state index in [0.717, 1.165) is 5.69 Å². The highest BCUT2D eigenvalue weighted by molar-refractivity contribution is 6.32. The summed E-state index contributed by atoms with van der Waals surface area (Å²) >= 11 is 6.46. The van der Waals surface area contributed by atoms with E-state index in [9.17, 15) is 4.79 Å². The summed E-state index contributed by atoms with van der Waals surface area (Å²) in [6.45, 7) is 1.81. The van der Waals surface area contributed by atoms with E-state index in [1.54, 1.807) is 4.68 Å². The van der Waals surface area contributed by atoms with Gasteiger partial charge in [0.1, 0.15) is 5.15 Å². The highest BCUT2D eigenvalue weighted by Crippen LogP contribution is 2.38. The topological polar surface area (TPSA) is 87.0 Å². The first-order valence-electron chi connectivity index (χ1n) is 8.94. The minimum Gasteiger partial charge on any atom is -0.493 e. The van der Waals surface area contributed by atoms with Crippen molar-refractivity contribution < 1.29 is 19.0 Å². The van der Waals surface area contributed by atoms with Crippen molar-refractivity contribution in [3.8, 4) is 22.9 Å². The van der Waals surface area contributed by atoms with Crippen LogP contribution >= 0.6 is 11.6 Å². The Hall–Kier alpha value is -3.52. The van der Waals surface area contributed by atoms with Gasteiger partial charge in [-0.2, -0.15) is 10.2 Å². The van der Waals surface area contributed by atoms with Crippen LogP contribution in [0.2, 0.25) is 5.15 Å². The van der Waals surface area contributed by atoms with Crippen LogP contribution in [0.25, 0.3) is 5.69 Å². The summed E-state index contributed by atoms with van der Waals surface area (Å²) in [6.07, 6.45) is 1.46. The molecule has 0 spiro atoms. The van der Waals surface area contributed by atoms with E-state index in [1.165, 1.54) is 39.7 Å². The number of nitrogens with zero attached hydrogens (tertiary/aromatic N) is 3. The van der Waals surface area contributed by atoms with Gasteiger partial charge < -0.3 is 14.2 Å². The fourth-order valence-corrected chi connectivity index (χ4v) is 3.15. The number of ether oxygens (including phenoxy) is 3. The molecular weight excluding hydrogens is 408 g/mol. The summed E-state index contributed by atoms with van der Waals surface area (Å²) in [6, 6.07) is 12.6. The van der Waals surface area contributed by atoms with Crippen molar-refractivity contribution >= 4 is 23.7 Å². The molecule has 2 aromatic carbocycles. The highest BCUT2D eigenvalue weighted by atomic mass is 35.5. The minimum atomic E-state index is -0.449. The van der Waals surface area contributed by atoms with Gasteiger partial charge in [-0.1, -0.05) is 29.8 Å². The zero-order valence-electron chi connectivity index (χ0n) is 17.0. The Bertz CT molecular complexity index is 1060. The lowest BCUT2D eigenvalue weighted by molar-refractivity contribution is 0.0954. The molecule has 3 rings (SSSR count). The molecule has 156 valence electrons. The molecule has 30 heavy (non-hydrogen) atoms. The van der Waals surface area contributed by atoms with Crippen LogP contribution in [0.4, 0.5) is 0 Å². The monoisotopic (exact) mass is 428 g/mol. The molecule has 0 bridgehead atoms. The number of para-hydroxylation sites is 1. The van der Waals surface area contributed by atoms with Crippen LogP contribution in [0.1, 0.15) is 21.6 Å². The Kier molecular flexibility index (Phi) is 6.58. The highest BCUT2D eigenvalue weighted by Gasteiger charge is 2.17. The summed E-state index contributed by atoms with van der Waals surface area (Å²) in [5, 5.41) is 8.85. The van der Waals surface area contributed by atoms with Crippen LogP contribution in [0.15, 0.2) is 47.6 Å². The maximum atomic E-state index is 12.5. The molecule has 0 saturated carbocycles. The van der Waals surface area contributed by atoms with Crippen LogP contribution in [0, 0.1) is 6.92 Å². The number of aromatic nitrogens is 2. The third-order valence-corrected chi connectivity index (χ3v) is 4.70. The Morgan fingerprint density at radius 3 is 2.30 bits per heavy atom. The average Bonchev–Trinajstić information content (AvgIpc) is 3.06. The van der Waals surface area contributed by atoms with Crippen LogP contribution < -0.4 is 19.6 Å². The van der Waals surface area contributed by atoms with E-state index in [4.69, 9.17) is 25.8 Å². The van der Waals surface area contributed by atoms with Crippen molar-refractivity contribution in [2.75, 3.05) is 21.3 Å². The molecule has 3 aromatic rings. The third-order valence-electron chi connectivity index (χ3n) is 4.34. The maximum absolute atomic E-state index is 12.5. The Labute approximate surface area is 179 Å². The van der Waals surface area contributed by atoms with Crippen molar-refractivity contribution in [2.45, 2.75) is 6.92 Å². The van der Waals surface area contributed by atoms with Gasteiger partial charge in [0.25, 0.3) is 5.91 Å². The summed E-state index contributed by atoms with van der Waals surface area (Å²) in [7, 11) is 4.45. The van der Waals surface area contributed by atoms with Crippen molar-refractivity contribution in [1.29, 1.82) is 0 Å². The number of nitrogens with one attached hydrogen (secondary N) is 1. The van der Waals surface area contributed by atoms with Gasteiger partial charge in [-0.3, -0.25) is 4.79 Å². The zero-order chi connectivity index (χ0) is 21.7. The summed E-state index contributed by atoms with van der Waals surface area (Å²) < 4.78 is 17.4. The molecule has 0 aliphatic rings. The maximum Gasteiger partial charge on any atom is 0.271 e. The number of hydrazone groups is 1. The van der Waals surface area contributed by atoms with Crippen LogP contribution in [0.3, 0.4) is 0 Å². The molecule has 0 aliphatic heterocycles. The standard InChI is InChI=1S/C21H21ClN4O4/c1-13-16(20(22)26(25-13)15-8-6-5-7-9-15)12-23-24-21(27)14-10-17(28-2)19(30-4)18(11-14)29-3/h5-12H,1-4H3,(H,24,27). The molecule has 0 unspecified atom stereocenters. The molecule has 9 heteroatoms. The smallest absolute Gasteiger partial charge is 0.271 e. The quantitative estimate of drug-likeness (QED) is 0.458. The lowest BCUT2D eigenvalue weighted by atomic mass is 10.1. The number of methoxy groups -OCH3 is 3. The molecule has 1 N–H and O–H groups in total. The van der Waals surface area contributed by atoms with Gasteiger partial charge in [0.15, 0.2) is 11.5 Å². The van der Waals surface area contributed by atoms with E-state index in [1.807, 2.05) is 37.3 Å². The molecular formula is C21H21ClN4O4. The number of benzene rings is 2. The molecule has 0 saturated heterocycles. The number of carbonyl (C=O) groups is 1. The second-order valence-corrected chi connectivity index (χ2v) is 6.51. The van der Waals surface area contributed by atoms with Crippen LogP contribution in [-0.2, 0) is 0 Å². The number of halogens is 1. The van der Waals surface area contributed by atoms with E-state index in [0.29, 0.717) is 39.2 Å². The number of amides is 1. The minimum absolute atomic E-state index is 0.296. The van der Waals surface area contributed by atoms with Gasteiger partial charge in [0, 0.05) is 5.56 Å². The van der Waals surface area contributed by atoms with E-state index in [2.05, 4.69) is 15.6 Å². The van der Waals surface area contributed by atoms with E-state index >= 15 is 0 Å². The predicted molar refractivity (Wildman–Crippen MR) is 114 cm³/mol. The number of aryl methyl sites for hydroxylation is 1. The first-order chi connectivity index (χ1) is 14.5. The van der Waals surface area contributed by atoms with Crippen LogP contribution in [-0.4, -0.2) is 43.2 Å². The van der Waals surface area contributed by atoms with Gasteiger partial charge in [0.2, 0.25) is 5.75 Å². The Morgan fingerprint density at radius 2 is 1.73 bits per heavy atom. The third kappa shape index (κ3) is 4.23. The molecule has 0 fully saturated rings. The Morgan fingerprint density at radius 1 is 1.10 bits per heavy atom. The Balaban J connectivity index is 1.81. The second kappa shape index (κ2) is 9.32. The second-order valence-electron chi connectivity index (χ2n) is 6.15. The predicted octanol–water partition coefficient (Wildman–Crippen LogP) is 3.62. The lowest BCUT2D eigenvalue weighted by Gasteiger charge is -2.13. The van der Waals surface area contributed by atoms with Gasteiger partial charge in [0.05, 0.1) is 44.5 Å². The molecule has 1 aromatic heterocycles. The summed E-state index contributed by atoms with van der Waals surface area (Å²) in [4.78, 5) is 12.5. The van der Waals surface area contributed by atoms with Gasteiger partial charge in [-0.15, -0.1) is 0 Å². The molecule has 1 heterocycles. The normalized spacial score (nSPS) is 10.8. The summed E-state index contributed by atoms with van der Waals surface area (Å²) in [5.41, 5.74) is 4.87. The van der Waals surface area contributed by atoms with Gasteiger partial charge in [-0.25, -0.2) is 10.1 Å². The molecule has 0 radical (unpaired) electrons.